The summed E-state index contributed by atoms with van der Waals surface area (Å²) in [6.07, 6.45) is 6.09. The Morgan fingerprint density at radius 3 is 2.88 bits per heavy atom. The van der Waals surface area contributed by atoms with Crippen LogP contribution < -0.4 is 4.74 Å². The fourth-order valence-electron chi connectivity index (χ4n) is 3.26. The number of benzene rings is 1. The Morgan fingerprint density at radius 2 is 2.17 bits per heavy atom. The summed E-state index contributed by atoms with van der Waals surface area (Å²) in [5, 5.41) is 9.26. The molecule has 3 aromatic rings. The smallest absolute Gasteiger partial charge is 0.337 e. The third-order valence-corrected chi connectivity index (χ3v) is 4.44. The number of aromatic nitrogens is 2. The minimum atomic E-state index is -0.903. The molecule has 0 atom stereocenters. The lowest BCUT2D eigenvalue weighted by molar-refractivity contribution is 0.0697. The molecule has 1 aliphatic heterocycles. The Kier molecular flexibility index (Phi) is 3.34. The Morgan fingerprint density at radius 1 is 1.29 bits per heavy atom. The number of pyridine rings is 1. The second-order valence-electron chi connectivity index (χ2n) is 5.81. The summed E-state index contributed by atoms with van der Waals surface area (Å²) in [6, 6.07) is 9.73. The maximum atomic E-state index is 11.3. The fraction of sp³-hybridized carbons (Fsp3) is 0.158. The second kappa shape index (κ2) is 5.53. The SMILES string of the molecule is COc1cc2c(cc1-c1cccnc1)-c1cc(C(=O)O)cn1CC2. The lowest BCUT2D eigenvalue weighted by Gasteiger charge is -2.22. The van der Waals surface area contributed by atoms with Crippen molar-refractivity contribution in [3.8, 4) is 28.1 Å². The number of methoxy groups -OCH3 is 1. The summed E-state index contributed by atoms with van der Waals surface area (Å²) in [4.78, 5) is 15.5. The maximum Gasteiger partial charge on any atom is 0.337 e. The highest BCUT2D eigenvalue weighted by Gasteiger charge is 2.22. The molecule has 5 heteroatoms. The summed E-state index contributed by atoms with van der Waals surface area (Å²) in [5.74, 6) is -0.0975. The largest absolute Gasteiger partial charge is 0.496 e. The fourth-order valence-corrected chi connectivity index (χ4v) is 3.26. The number of nitrogens with zero attached hydrogens (tertiary/aromatic N) is 2. The van der Waals surface area contributed by atoms with Gasteiger partial charge in [-0.1, -0.05) is 6.07 Å². The van der Waals surface area contributed by atoms with E-state index in [0.29, 0.717) is 5.56 Å². The highest BCUT2D eigenvalue weighted by molar-refractivity contribution is 5.90. The second-order valence-corrected chi connectivity index (χ2v) is 5.81. The van der Waals surface area contributed by atoms with Gasteiger partial charge in [-0.15, -0.1) is 0 Å². The molecule has 120 valence electrons. The van der Waals surface area contributed by atoms with Gasteiger partial charge in [0.25, 0.3) is 0 Å². The Balaban J connectivity index is 1.92. The third kappa shape index (κ3) is 2.25. The molecular weight excluding hydrogens is 304 g/mol. The van der Waals surface area contributed by atoms with Crippen LogP contribution in [0.25, 0.3) is 22.4 Å². The number of ether oxygens (including phenoxy) is 1. The number of aromatic carboxylic acids is 1. The molecule has 0 unspecified atom stereocenters. The van der Waals surface area contributed by atoms with Gasteiger partial charge in [0.1, 0.15) is 5.75 Å². The molecule has 5 nitrogen and oxygen atoms in total. The summed E-state index contributed by atoms with van der Waals surface area (Å²) >= 11 is 0. The lowest BCUT2D eigenvalue weighted by Crippen LogP contribution is -2.10. The molecule has 1 aliphatic rings. The van der Waals surface area contributed by atoms with Crippen LogP contribution in [-0.4, -0.2) is 27.7 Å². The number of aryl methyl sites for hydroxylation is 2. The number of carboxylic acids is 1. The van der Waals surface area contributed by atoms with E-state index in [1.165, 1.54) is 5.56 Å². The number of hydrogen-bond acceptors (Lipinski definition) is 3. The number of hydrogen-bond donors (Lipinski definition) is 1. The van der Waals surface area contributed by atoms with Gasteiger partial charge in [-0.05, 0) is 36.2 Å². The summed E-state index contributed by atoms with van der Waals surface area (Å²) in [7, 11) is 1.66. The molecule has 0 aliphatic carbocycles. The van der Waals surface area contributed by atoms with Crippen molar-refractivity contribution in [2.45, 2.75) is 13.0 Å². The van der Waals surface area contributed by atoms with Gasteiger partial charge in [0, 0.05) is 47.5 Å². The molecule has 0 bridgehead atoms. The number of fused-ring (bicyclic) bond motifs is 3. The van der Waals surface area contributed by atoms with E-state index >= 15 is 0 Å². The van der Waals surface area contributed by atoms with E-state index in [1.807, 2.05) is 16.7 Å². The van der Waals surface area contributed by atoms with Gasteiger partial charge < -0.3 is 14.4 Å². The minimum Gasteiger partial charge on any atom is -0.496 e. The molecule has 1 N–H and O–H groups in total. The minimum absolute atomic E-state index is 0.316. The predicted octanol–water partition coefficient (Wildman–Crippen LogP) is 3.48. The molecule has 0 saturated carbocycles. The van der Waals surface area contributed by atoms with Crippen molar-refractivity contribution in [3.05, 3.63) is 60.0 Å². The number of rotatable bonds is 3. The molecule has 24 heavy (non-hydrogen) atoms. The molecule has 0 fully saturated rings. The first-order valence-electron chi connectivity index (χ1n) is 7.72. The number of carboxylic acid groups (broad SMARTS) is 1. The normalized spacial score (nSPS) is 12.4. The highest BCUT2D eigenvalue weighted by Crippen LogP contribution is 2.39. The third-order valence-electron chi connectivity index (χ3n) is 4.44. The standard InChI is InChI=1S/C19H16N2O3/c1-24-18-8-12-4-6-21-11-14(19(22)23)7-17(21)15(12)9-16(18)13-3-2-5-20-10-13/h2-3,5,7-11H,4,6H2,1H3,(H,22,23). The van der Waals surface area contributed by atoms with E-state index in [0.717, 1.165) is 41.1 Å². The van der Waals surface area contributed by atoms with Crippen LogP contribution in [0.1, 0.15) is 15.9 Å². The molecule has 2 aromatic heterocycles. The van der Waals surface area contributed by atoms with Crippen LogP contribution >= 0.6 is 0 Å². The zero-order valence-electron chi connectivity index (χ0n) is 13.2. The average Bonchev–Trinajstić information content (AvgIpc) is 3.06. The Hall–Kier alpha value is -3.08. The summed E-state index contributed by atoms with van der Waals surface area (Å²) in [5.41, 5.74) is 5.39. The number of carbonyl (C=O) groups is 1. The van der Waals surface area contributed by atoms with E-state index in [9.17, 15) is 9.90 Å². The van der Waals surface area contributed by atoms with Gasteiger partial charge >= 0.3 is 5.97 Å². The zero-order valence-corrected chi connectivity index (χ0v) is 13.2. The average molecular weight is 320 g/mol. The van der Waals surface area contributed by atoms with E-state index in [4.69, 9.17) is 4.74 Å². The Bertz CT molecular complexity index is 929. The first-order chi connectivity index (χ1) is 11.7. The predicted molar refractivity (Wildman–Crippen MR) is 90.3 cm³/mol. The van der Waals surface area contributed by atoms with Crippen LogP contribution in [0.2, 0.25) is 0 Å². The van der Waals surface area contributed by atoms with Crippen molar-refractivity contribution in [3.63, 3.8) is 0 Å². The molecule has 0 spiro atoms. The molecule has 4 rings (SSSR count). The molecule has 3 heterocycles. The van der Waals surface area contributed by atoms with Crippen LogP contribution in [0.3, 0.4) is 0 Å². The lowest BCUT2D eigenvalue weighted by atomic mass is 9.93. The van der Waals surface area contributed by atoms with Crippen LogP contribution in [0, 0.1) is 0 Å². The van der Waals surface area contributed by atoms with Crippen molar-refractivity contribution in [1.29, 1.82) is 0 Å². The maximum absolute atomic E-state index is 11.3. The topological polar surface area (TPSA) is 64.3 Å². The van der Waals surface area contributed by atoms with Crippen molar-refractivity contribution in [2.75, 3.05) is 7.11 Å². The Labute approximate surface area is 139 Å². The van der Waals surface area contributed by atoms with Crippen molar-refractivity contribution >= 4 is 5.97 Å². The monoisotopic (exact) mass is 320 g/mol. The molecule has 1 aromatic carbocycles. The quantitative estimate of drug-likeness (QED) is 0.802. The molecule has 0 amide bonds. The van der Waals surface area contributed by atoms with Crippen LogP contribution in [0.4, 0.5) is 0 Å². The van der Waals surface area contributed by atoms with E-state index in [-0.39, 0.29) is 0 Å². The summed E-state index contributed by atoms with van der Waals surface area (Å²) in [6.45, 7) is 0.769. The summed E-state index contributed by atoms with van der Waals surface area (Å²) < 4.78 is 7.57. The van der Waals surface area contributed by atoms with Gasteiger partial charge in [0.05, 0.1) is 12.7 Å². The van der Waals surface area contributed by atoms with Gasteiger partial charge in [-0.25, -0.2) is 4.79 Å². The molecule has 0 radical (unpaired) electrons. The van der Waals surface area contributed by atoms with Crippen molar-refractivity contribution in [2.24, 2.45) is 0 Å². The molecule has 0 saturated heterocycles. The molecular formula is C19H16N2O3. The van der Waals surface area contributed by atoms with E-state index < -0.39 is 5.97 Å². The van der Waals surface area contributed by atoms with Crippen molar-refractivity contribution in [1.82, 2.24) is 9.55 Å². The van der Waals surface area contributed by atoms with Crippen LogP contribution in [0.15, 0.2) is 48.9 Å². The van der Waals surface area contributed by atoms with Gasteiger partial charge in [0.15, 0.2) is 0 Å². The van der Waals surface area contributed by atoms with Gasteiger partial charge in [-0.2, -0.15) is 0 Å². The van der Waals surface area contributed by atoms with E-state index in [2.05, 4.69) is 17.1 Å². The first kappa shape index (κ1) is 14.5. The zero-order chi connectivity index (χ0) is 16.7. The van der Waals surface area contributed by atoms with Gasteiger partial charge in [-0.3, -0.25) is 4.98 Å². The highest BCUT2D eigenvalue weighted by atomic mass is 16.5. The van der Waals surface area contributed by atoms with Crippen LogP contribution in [0.5, 0.6) is 5.75 Å². The first-order valence-corrected chi connectivity index (χ1v) is 7.72. The van der Waals surface area contributed by atoms with Gasteiger partial charge in [0.2, 0.25) is 0 Å². The van der Waals surface area contributed by atoms with E-state index in [1.54, 1.807) is 31.8 Å². The van der Waals surface area contributed by atoms with Crippen molar-refractivity contribution < 1.29 is 14.6 Å². The van der Waals surface area contributed by atoms with Crippen LogP contribution in [-0.2, 0) is 13.0 Å².